The third kappa shape index (κ3) is 5.00. The van der Waals surface area contributed by atoms with Gasteiger partial charge >= 0.3 is 0 Å². The number of benzene rings is 2. The topological polar surface area (TPSA) is 61.3 Å². The lowest BCUT2D eigenvalue weighted by atomic mass is 10.0. The van der Waals surface area contributed by atoms with Gasteiger partial charge in [0.15, 0.2) is 4.77 Å². The van der Waals surface area contributed by atoms with E-state index in [4.69, 9.17) is 12.2 Å². The number of H-pyrrole nitrogens is 1. The number of aromatic amines is 1. The van der Waals surface area contributed by atoms with Gasteiger partial charge in [0.2, 0.25) is 5.91 Å². The van der Waals surface area contributed by atoms with Gasteiger partial charge in [0.25, 0.3) is 5.56 Å². The molecule has 3 aromatic rings. The number of amides is 1. The number of carbonyl (C=O) groups excluding carboxylic acids is 1. The van der Waals surface area contributed by atoms with E-state index in [1.54, 1.807) is 4.57 Å². The zero-order chi connectivity index (χ0) is 22.5. The predicted octanol–water partition coefficient (Wildman–Crippen LogP) is 4.13. The standard InChI is InChI=1S/C25H30N4O2S/c1-27-16-17-28(22(18-27)19-10-4-2-5-11-19)23(30)14-6-3-9-15-29-24(31)20-12-7-8-13-21(20)26-25(29)32/h2,4-5,7-8,10-13,22H,3,6,9,14-18H2,1H3,(H,26,32). The summed E-state index contributed by atoms with van der Waals surface area (Å²) in [7, 11) is 2.11. The Kier molecular flexibility index (Phi) is 7.17. The fourth-order valence-electron chi connectivity index (χ4n) is 4.45. The number of para-hydroxylation sites is 1. The minimum Gasteiger partial charge on any atom is -0.333 e. The molecule has 1 N–H and O–H groups in total. The van der Waals surface area contributed by atoms with E-state index in [1.165, 1.54) is 5.56 Å². The summed E-state index contributed by atoms with van der Waals surface area (Å²) >= 11 is 5.38. The molecule has 1 aliphatic heterocycles. The molecule has 1 unspecified atom stereocenters. The van der Waals surface area contributed by atoms with Gasteiger partial charge in [-0.1, -0.05) is 48.9 Å². The first-order valence-corrected chi connectivity index (χ1v) is 11.7. The van der Waals surface area contributed by atoms with Gasteiger partial charge in [0.05, 0.1) is 16.9 Å². The van der Waals surface area contributed by atoms with Crippen LogP contribution in [-0.2, 0) is 11.3 Å². The van der Waals surface area contributed by atoms with Crippen LogP contribution in [0.15, 0.2) is 59.4 Å². The lowest BCUT2D eigenvalue weighted by Crippen LogP contribution is -2.49. The molecule has 0 saturated carbocycles. The van der Waals surface area contributed by atoms with Crippen LogP contribution in [0.4, 0.5) is 0 Å². The number of fused-ring (bicyclic) bond motifs is 1. The van der Waals surface area contributed by atoms with Gasteiger partial charge in [-0.2, -0.15) is 0 Å². The van der Waals surface area contributed by atoms with Crippen LogP contribution in [0.3, 0.4) is 0 Å². The Morgan fingerprint density at radius 2 is 1.78 bits per heavy atom. The summed E-state index contributed by atoms with van der Waals surface area (Å²) in [6.07, 6.45) is 3.04. The first-order valence-electron chi connectivity index (χ1n) is 11.3. The van der Waals surface area contributed by atoms with Crippen molar-refractivity contribution in [3.05, 3.63) is 75.3 Å². The number of nitrogens with one attached hydrogen (secondary N) is 1. The molecular weight excluding hydrogens is 420 g/mol. The Balaban J connectivity index is 1.32. The molecule has 6 nitrogen and oxygen atoms in total. The highest BCUT2D eigenvalue weighted by atomic mass is 32.1. The molecule has 1 aliphatic rings. The van der Waals surface area contributed by atoms with Crippen molar-refractivity contribution >= 4 is 29.0 Å². The second-order valence-electron chi connectivity index (χ2n) is 8.52. The quantitative estimate of drug-likeness (QED) is 0.434. The number of hydrogen-bond donors (Lipinski definition) is 1. The fourth-order valence-corrected chi connectivity index (χ4v) is 4.73. The number of piperazine rings is 1. The van der Waals surface area contributed by atoms with Crippen LogP contribution in [0.25, 0.3) is 10.9 Å². The minimum absolute atomic E-state index is 0.0523. The van der Waals surface area contributed by atoms with Crippen molar-refractivity contribution < 1.29 is 4.79 Å². The van der Waals surface area contributed by atoms with Gasteiger partial charge in [-0.05, 0) is 49.8 Å². The van der Waals surface area contributed by atoms with Crippen molar-refractivity contribution in [2.24, 2.45) is 0 Å². The average molecular weight is 451 g/mol. The Labute approximate surface area is 193 Å². The summed E-state index contributed by atoms with van der Waals surface area (Å²) in [4.78, 5) is 33.2. The van der Waals surface area contributed by atoms with E-state index in [9.17, 15) is 9.59 Å². The van der Waals surface area contributed by atoms with Gasteiger partial charge < -0.3 is 14.8 Å². The molecule has 0 aliphatic carbocycles. The van der Waals surface area contributed by atoms with Crippen molar-refractivity contribution in [1.29, 1.82) is 0 Å². The second-order valence-corrected chi connectivity index (χ2v) is 8.91. The second kappa shape index (κ2) is 10.2. The lowest BCUT2D eigenvalue weighted by molar-refractivity contribution is -0.136. The van der Waals surface area contributed by atoms with Crippen molar-refractivity contribution in [1.82, 2.24) is 19.4 Å². The van der Waals surface area contributed by atoms with Crippen LogP contribution < -0.4 is 5.56 Å². The van der Waals surface area contributed by atoms with Crippen molar-refractivity contribution in [2.75, 3.05) is 26.7 Å². The summed E-state index contributed by atoms with van der Waals surface area (Å²) in [5.74, 6) is 0.215. The monoisotopic (exact) mass is 450 g/mol. The maximum Gasteiger partial charge on any atom is 0.262 e. The van der Waals surface area contributed by atoms with Crippen LogP contribution in [-0.4, -0.2) is 51.9 Å². The van der Waals surface area contributed by atoms with E-state index < -0.39 is 0 Å². The van der Waals surface area contributed by atoms with E-state index >= 15 is 0 Å². The molecule has 2 heterocycles. The van der Waals surface area contributed by atoms with Gasteiger partial charge in [-0.15, -0.1) is 0 Å². The molecule has 168 valence electrons. The number of unbranched alkanes of at least 4 members (excludes halogenated alkanes) is 2. The molecule has 1 fully saturated rings. The number of hydrogen-bond acceptors (Lipinski definition) is 4. The molecule has 1 aromatic heterocycles. The van der Waals surface area contributed by atoms with Crippen LogP contribution in [0.2, 0.25) is 0 Å². The maximum absolute atomic E-state index is 13.0. The minimum atomic E-state index is -0.0523. The molecule has 0 bridgehead atoms. The number of aromatic nitrogens is 2. The molecule has 4 rings (SSSR count). The normalized spacial score (nSPS) is 17.0. The van der Waals surface area contributed by atoms with E-state index in [0.717, 1.165) is 44.4 Å². The third-order valence-corrected chi connectivity index (χ3v) is 6.57. The molecule has 1 saturated heterocycles. The first kappa shape index (κ1) is 22.4. The zero-order valence-corrected chi connectivity index (χ0v) is 19.3. The molecule has 1 amide bonds. The zero-order valence-electron chi connectivity index (χ0n) is 18.5. The van der Waals surface area contributed by atoms with Crippen LogP contribution in [0.5, 0.6) is 0 Å². The highest BCUT2D eigenvalue weighted by Gasteiger charge is 2.29. The van der Waals surface area contributed by atoms with Gasteiger partial charge in [0, 0.05) is 32.6 Å². The van der Waals surface area contributed by atoms with Crippen LogP contribution in [0, 0.1) is 4.77 Å². The van der Waals surface area contributed by atoms with Crippen LogP contribution in [0.1, 0.15) is 37.3 Å². The van der Waals surface area contributed by atoms with Gasteiger partial charge in [0.1, 0.15) is 0 Å². The number of likely N-dealkylation sites (N-methyl/N-ethyl adjacent to an activating group) is 1. The van der Waals surface area contributed by atoms with Crippen molar-refractivity contribution in [3.8, 4) is 0 Å². The Hall–Kier alpha value is -2.77. The van der Waals surface area contributed by atoms with Crippen molar-refractivity contribution in [2.45, 2.75) is 38.3 Å². The largest absolute Gasteiger partial charge is 0.333 e. The fraction of sp³-hybridized carbons (Fsp3) is 0.400. The number of nitrogens with zero attached hydrogens (tertiary/aromatic N) is 3. The summed E-state index contributed by atoms with van der Waals surface area (Å²) in [5, 5.41) is 0.651. The van der Waals surface area contributed by atoms with E-state index in [-0.39, 0.29) is 17.5 Å². The summed E-state index contributed by atoms with van der Waals surface area (Å²) < 4.78 is 2.08. The predicted molar refractivity (Wildman–Crippen MR) is 130 cm³/mol. The van der Waals surface area contributed by atoms with E-state index in [2.05, 4.69) is 29.1 Å². The molecular formula is C25H30N4O2S. The van der Waals surface area contributed by atoms with Crippen LogP contribution >= 0.6 is 12.2 Å². The van der Waals surface area contributed by atoms with E-state index in [0.29, 0.717) is 23.1 Å². The highest BCUT2D eigenvalue weighted by molar-refractivity contribution is 7.71. The van der Waals surface area contributed by atoms with Crippen molar-refractivity contribution in [3.63, 3.8) is 0 Å². The molecule has 32 heavy (non-hydrogen) atoms. The Morgan fingerprint density at radius 1 is 1.03 bits per heavy atom. The molecule has 1 atom stereocenters. The highest BCUT2D eigenvalue weighted by Crippen LogP contribution is 2.26. The average Bonchev–Trinajstić information content (AvgIpc) is 2.81. The van der Waals surface area contributed by atoms with Gasteiger partial charge in [-0.25, -0.2) is 0 Å². The molecule has 0 spiro atoms. The van der Waals surface area contributed by atoms with Gasteiger partial charge in [-0.3, -0.25) is 14.2 Å². The first-order chi connectivity index (χ1) is 15.5. The molecule has 7 heteroatoms. The molecule has 0 radical (unpaired) electrons. The number of carbonyl (C=O) groups is 1. The third-order valence-electron chi connectivity index (χ3n) is 6.25. The molecule has 2 aromatic carbocycles. The number of rotatable bonds is 7. The lowest BCUT2D eigenvalue weighted by Gasteiger charge is -2.40. The summed E-state index contributed by atoms with van der Waals surface area (Å²) in [5.41, 5.74) is 1.91. The smallest absolute Gasteiger partial charge is 0.262 e. The van der Waals surface area contributed by atoms with E-state index in [1.807, 2.05) is 47.4 Å². The SMILES string of the molecule is CN1CCN(C(=O)CCCCCn2c(=S)[nH]c3ccccc3c2=O)C(c2ccccc2)C1. The maximum atomic E-state index is 13.0. The Morgan fingerprint density at radius 3 is 2.59 bits per heavy atom. The summed E-state index contributed by atoms with van der Waals surface area (Å²) in [6, 6.07) is 17.8. The summed E-state index contributed by atoms with van der Waals surface area (Å²) in [6.45, 7) is 3.08. The Bertz CT molecular complexity index is 1190.